The van der Waals surface area contributed by atoms with Crippen LogP contribution in [0.4, 0.5) is 10.1 Å². The number of nitrogens with zero attached hydrogens (tertiary/aromatic N) is 3. The van der Waals surface area contributed by atoms with Gasteiger partial charge in [0.15, 0.2) is 11.0 Å². The number of anilines is 1. The van der Waals surface area contributed by atoms with Crippen LogP contribution in [-0.2, 0) is 11.3 Å². The van der Waals surface area contributed by atoms with Crippen molar-refractivity contribution in [1.82, 2.24) is 14.8 Å². The molecule has 0 bridgehead atoms. The maximum Gasteiger partial charge on any atom is 0.234 e. The molecular weight excluding hydrogens is 423 g/mol. The van der Waals surface area contributed by atoms with E-state index in [4.69, 9.17) is 11.6 Å². The number of aryl methyl sites for hydroxylation is 2. The fourth-order valence-corrected chi connectivity index (χ4v) is 4.26. The number of amides is 1. The minimum atomic E-state index is -0.353. The summed E-state index contributed by atoms with van der Waals surface area (Å²) in [6.45, 7) is 8.60. The Morgan fingerprint density at radius 3 is 2.63 bits per heavy atom. The molecule has 158 valence electrons. The van der Waals surface area contributed by atoms with Crippen LogP contribution in [-0.4, -0.2) is 26.4 Å². The number of halogens is 2. The first-order valence-electron chi connectivity index (χ1n) is 9.63. The van der Waals surface area contributed by atoms with E-state index in [1.54, 1.807) is 18.2 Å². The number of carbonyl (C=O) groups excluding carboxylic acids is 1. The third-order valence-corrected chi connectivity index (χ3v) is 5.67. The highest BCUT2D eigenvalue weighted by molar-refractivity contribution is 7.99. The van der Waals surface area contributed by atoms with Crippen molar-refractivity contribution in [2.24, 2.45) is 5.92 Å². The zero-order valence-electron chi connectivity index (χ0n) is 17.4. The summed E-state index contributed by atoms with van der Waals surface area (Å²) in [4.78, 5) is 12.5. The van der Waals surface area contributed by atoms with Crippen LogP contribution in [0.2, 0.25) is 5.02 Å². The average Bonchev–Trinajstić information content (AvgIpc) is 3.05. The van der Waals surface area contributed by atoms with Gasteiger partial charge in [0.2, 0.25) is 5.91 Å². The van der Waals surface area contributed by atoms with Crippen molar-refractivity contribution >= 4 is 35.0 Å². The molecule has 8 heteroatoms. The summed E-state index contributed by atoms with van der Waals surface area (Å²) < 4.78 is 16.2. The summed E-state index contributed by atoms with van der Waals surface area (Å²) in [6.07, 6.45) is 0. The Balaban J connectivity index is 1.78. The Morgan fingerprint density at radius 1 is 1.23 bits per heavy atom. The number of hydrogen-bond acceptors (Lipinski definition) is 4. The molecule has 0 radical (unpaired) electrons. The van der Waals surface area contributed by atoms with Crippen molar-refractivity contribution in [3.8, 4) is 11.4 Å². The van der Waals surface area contributed by atoms with E-state index >= 15 is 0 Å². The van der Waals surface area contributed by atoms with Crippen LogP contribution in [0.3, 0.4) is 0 Å². The third kappa shape index (κ3) is 5.21. The topological polar surface area (TPSA) is 59.8 Å². The number of nitrogens with one attached hydrogen (secondary N) is 1. The first kappa shape index (κ1) is 22.3. The molecule has 1 amide bonds. The van der Waals surface area contributed by atoms with Gasteiger partial charge in [0.25, 0.3) is 0 Å². The number of rotatable bonds is 7. The van der Waals surface area contributed by atoms with Gasteiger partial charge in [0.05, 0.1) is 22.0 Å². The third-order valence-electron chi connectivity index (χ3n) is 4.41. The molecular formula is C22H24ClFN4OS. The van der Waals surface area contributed by atoms with Crippen LogP contribution >= 0.6 is 23.4 Å². The molecule has 0 saturated heterocycles. The highest BCUT2D eigenvalue weighted by Crippen LogP contribution is 2.29. The van der Waals surface area contributed by atoms with Crippen LogP contribution in [0.5, 0.6) is 0 Å². The molecule has 3 aromatic rings. The van der Waals surface area contributed by atoms with E-state index in [1.807, 2.05) is 30.5 Å². The van der Waals surface area contributed by atoms with Gasteiger partial charge in [-0.25, -0.2) is 4.39 Å². The molecule has 1 N–H and O–H groups in total. The van der Waals surface area contributed by atoms with Crippen LogP contribution < -0.4 is 5.32 Å². The van der Waals surface area contributed by atoms with Crippen molar-refractivity contribution in [3.05, 3.63) is 58.4 Å². The van der Waals surface area contributed by atoms with E-state index in [-0.39, 0.29) is 17.5 Å². The van der Waals surface area contributed by atoms with Crippen LogP contribution in [0.1, 0.15) is 25.0 Å². The lowest BCUT2D eigenvalue weighted by atomic mass is 10.1. The Labute approximate surface area is 185 Å². The molecule has 1 heterocycles. The van der Waals surface area contributed by atoms with Crippen LogP contribution in [0.25, 0.3) is 11.4 Å². The molecule has 1 aromatic heterocycles. The van der Waals surface area contributed by atoms with Crippen molar-refractivity contribution in [3.63, 3.8) is 0 Å². The van der Waals surface area contributed by atoms with E-state index in [0.29, 0.717) is 39.7 Å². The average molecular weight is 447 g/mol. The van der Waals surface area contributed by atoms with Crippen molar-refractivity contribution in [1.29, 1.82) is 0 Å². The smallest absolute Gasteiger partial charge is 0.234 e. The Kier molecular flexibility index (Phi) is 7.15. The number of aromatic nitrogens is 3. The maximum absolute atomic E-state index is 14.3. The quantitative estimate of drug-likeness (QED) is 0.470. The van der Waals surface area contributed by atoms with Crippen molar-refractivity contribution in [2.45, 2.75) is 39.4 Å². The predicted molar refractivity (Wildman–Crippen MR) is 121 cm³/mol. The SMILES string of the molecule is Cc1cc(C)c(NC(=O)CSc2nnc(-c3ccccc3F)n2CC(C)C)c(Cl)c1. The van der Waals surface area contributed by atoms with Gasteiger partial charge in [-0.1, -0.05) is 55.4 Å². The molecule has 0 aliphatic rings. The second-order valence-corrected chi connectivity index (χ2v) is 8.92. The molecule has 0 atom stereocenters. The highest BCUT2D eigenvalue weighted by Gasteiger charge is 2.19. The summed E-state index contributed by atoms with van der Waals surface area (Å²) >= 11 is 7.55. The van der Waals surface area contributed by atoms with Crippen molar-refractivity contribution < 1.29 is 9.18 Å². The number of thioether (sulfide) groups is 1. The maximum atomic E-state index is 14.3. The van der Waals surface area contributed by atoms with Gasteiger partial charge in [-0.05, 0) is 49.1 Å². The fraction of sp³-hybridized carbons (Fsp3) is 0.318. The molecule has 30 heavy (non-hydrogen) atoms. The first-order valence-corrected chi connectivity index (χ1v) is 11.0. The summed E-state index contributed by atoms with van der Waals surface area (Å²) in [7, 11) is 0. The van der Waals surface area contributed by atoms with Gasteiger partial charge in [-0.3, -0.25) is 4.79 Å². The lowest BCUT2D eigenvalue weighted by molar-refractivity contribution is -0.113. The number of hydrogen-bond donors (Lipinski definition) is 1. The monoisotopic (exact) mass is 446 g/mol. The molecule has 0 saturated carbocycles. The second kappa shape index (κ2) is 9.62. The predicted octanol–water partition coefficient (Wildman–Crippen LogP) is 5.74. The van der Waals surface area contributed by atoms with Crippen LogP contribution in [0, 0.1) is 25.6 Å². The summed E-state index contributed by atoms with van der Waals surface area (Å²) in [6, 6.07) is 10.3. The molecule has 0 aliphatic carbocycles. The Bertz CT molecular complexity index is 1040. The Morgan fingerprint density at radius 2 is 1.97 bits per heavy atom. The molecule has 3 rings (SSSR count). The minimum absolute atomic E-state index is 0.136. The summed E-state index contributed by atoms with van der Waals surface area (Å²) in [5.41, 5.74) is 2.95. The van der Waals surface area contributed by atoms with E-state index < -0.39 is 0 Å². The van der Waals surface area contributed by atoms with E-state index in [9.17, 15) is 9.18 Å². The van der Waals surface area contributed by atoms with Gasteiger partial charge in [-0.2, -0.15) is 0 Å². The first-order chi connectivity index (χ1) is 14.3. The van der Waals surface area contributed by atoms with E-state index in [2.05, 4.69) is 29.4 Å². The van der Waals surface area contributed by atoms with Gasteiger partial charge >= 0.3 is 0 Å². The molecule has 0 unspecified atom stereocenters. The molecule has 0 fully saturated rings. The molecule has 2 aromatic carbocycles. The molecule has 0 spiro atoms. The normalized spacial score (nSPS) is 11.2. The van der Waals surface area contributed by atoms with Crippen LogP contribution in [0.15, 0.2) is 41.6 Å². The largest absolute Gasteiger partial charge is 0.324 e. The zero-order chi connectivity index (χ0) is 21.8. The standard InChI is InChI=1S/C22H24ClFN4OS/c1-13(2)11-28-21(16-7-5-6-8-18(16)24)26-27-22(28)30-12-19(29)25-20-15(4)9-14(3)10-17(20)23/h5-10,13H,11-12H2,1-4H3,(H,25,29). The van der Waals surface area contributed by atoms with Gasteiger partial charge < -0.3 is 9.88 Å². The van der Waals surface area contributed by atoms with Gasteiger partial charge in [-0.15, -0.1) is 10.2 Å². The lowest BCUT2D eigenvalue weighted by Crippen LogP contribution is -2.16. The summed E-state index contributed by atoms with van der Waals surface area (Å²) in [5, 5.41) is 12.4. The van der Waals surface area contributed by atoms with Gasteiger partial charge in [0, 0.05) is 6.54 Å². The van der Waals surface area contributed by atoms with Gasteiger partial charge in [0.1, 0.15) is 5.82 Å². The molecule has 0 aliphatic heterocycles. The van der Waals surface area contributed by atoms with E-state index in [1.165, 1.54) is 17.8 Å². The number of benzene rings is 2. The second-order valence-electron chi connectivity index (χ2n) is 7.57. The van der Waals surface area contributed by atoms with E-state index in [0.717, 1.165) is 11.1 Å². The highest BCUT2D eigenvalue weighted by atomic mass is 35.5. The molecule has 5 nitrogen and oxygen atoms in total. The zero-order valence-corrected chi connectivity index (χ0v) is 18.9. The Hall–Kier alpha value is -2.38. The summed E-state index contributed by atoms with van der Waals surface area (Å²) in [5.74, 6) is 0.349. The fourth-order valence-electron chi connectivity index (χ4n) is 3.15. The van der Waals surface area contributed by atoms with Crippen molar-refractivity contribution in [2.75, 3.05) is 11.1 Å². The minimum Gasteiger partial charge on any atom is -0.324 e. The number of carbonyl (C=O) groups is 1. The lowest BCUT2D eigenvalue weighted by Gasteiger charge is -2.13.